The smallest absolute Gasteiger partial charge is 0.233 e. The van der Waals surface area contributed by atoms with Crippen molar-refractivity contribution in [3.63, 3.8) is 0 Å². The van der Waals surface area contributed by atoms with Crippen molar-refractivity contribution in [2.24, 2.45) is 41.4 Å². The Morgan fingerprint density at radius 1 is 0.707 bits per heavy atom. The highest BCUT2D eigenvalue weighted by atomic mass is 32.2. The Kier molecular flexibility index (Phi) is 7.73. The van der Waals surface area contributed by atoms with E-state index in [-0.39, 0.29) is 64.4 Å². The van der Waals surface area contributed by atoms with Crippen molar-refractivity contribution in [2.45, 2.75) is 113 Å². The zero-order chi connectivity index (χ0) is 29.2. The Morgan fingerprint density at radius 3 is 1.93 bits per heavy atom. The lowest BCUT2D eigenvalue weighted by molar-refractivity contribution is -0.143. The van der Waals surface area contributed by atoms with E-state index >= 15 is 0 Å². The van der Waals surface area contributed by atoms with E-state index in [1.807, 2.05) is 0 Å². The molecule has 226 valence electrons. The molecular weight excluding hydrogens is 540 g/mol. The second-order valence-electron chi connectivity index (χ2n) is 14.2. The summed E-state index contributed by atoms with van der Waals surface area (Å²) in [5, 5.41) is -0.787. The SMILES string of the molecule is C=C1C2CC(C(=O)C3CCC4C(=O)N(C5CCCC(S(=O)(=O)C6CCCC(C)C6)C5)C(=O)C4C3)CCC2C(=O)N1C. The number of fused-ring (bicyclic) bond motifs is 2. The number of Topliss-reactive ketones (excluding diaryl/α,β-unsaturated/α-hetero) is 1. The fraction of sp³-hybridized carbons (Fsp3) is 0.812. The number of carbonyl (C=O) groups excluding carboxylic acids is 4. The lowest BCUT2D eigenvalue weighted by Crippen LogP contribution is -2.47. The molecule has 2 aliphatic heterocycles. The fourth-order valence-corrected chi connectivity index (χ4v) is 12.1. The summed E-state index contributed by atoms with van der Waals surface area (Å²) in [4.78, 5) is 56.6. The van der Waals surface area contributed by atoms with Crippen LogP contribution >= 0.6 is 0 Å². The Hall–Kier alpha value is -2.03. The van der Waals surface area contributed by atoms with Gasteiger partial charge in [0.15, 0.2) is 9.84 Å². The number of ketones is 1. The second-order valence-corrected chi connectivity index (χ2v) is 16.7. The molecule has 0 aromatic heterocycles. The monoisotopic (exact) mass is 586 g/mol. The minimum absolute atomic E-state index is 0.0177. The van der Waals surface area contributed by atoms with Gasteiger partial charge in [-0.15, -0.1) is 0 Å². The number of amides is 3. The van der Waals surface area contributed by atoms with Gasteiger partial charge in [-0.25, -0.2) is 8.42 Å². The maximum absolute atomic E-state index is 13.7. The third-order valence-electron chi connectivity index (χ3n) is 11.9. The predicted molar refractivity (Wildman–Crippen MR) is 154 cm³/mol. The lowest BCUT2D eigenvalue weighted by Gasteiger charge is -2.37. The molecule has 3 amide bonds. The van der Waals surface area contributed by atoms with Gasteiger partial charge in [-0.3, -0.25) is 24.1 Å². The number of allylic oxidation sites excluding steroid dienone is 1. The van der Waals surface area contributed by atoms with Gasteiger partial charge >= 0.3 is 0 Å². The van der Waals surface area contributed by atoms with Gasteiger partial charge in [-0.2, -0.15) is 0 Å². The molecular formula is C32H46N2O6S. The van der Waals surface area contributed by atoms with Gasteiger partial charge in [0, 0.05) is 42.5 Å². The molecule has 4 saturated carbocycles. The Bertz CT molecular complexity index is 1240. The molecule has 41 heavy (non-hydrogen) atoms. The summed E-state index contributed by atoms with van der Waals surface area (Å²) >= 11 is 0. The number of hydrogen-bond acceptors (Lipinski definition) is 6. The Balaban J connectivity index is 1.11. The van der Waals surface area contributed by atoms with Crippen LogP contribution in [0.3, 0.4) is 0 Å². The number of rotatable bonds is 5. The van der Waals surface area contributed by atoms with Crippen LogP contribution in [0.1, 0.15) is 96.8 Å². The summed E-state index contributed by atoms with van der Waals surface area (Å²) in [5.41, 5.74) is 0.805. The minimum atomic E-state index is -3.32. The van der Waals surface area contributed by atoms with Crippen LogP contribution in [-0.4, -0.2) is 65.3 Å². The van der Waals surface area contributed by atoms with Gasteiger partial charge in [-0.1, -0.05) is 32.8 Å². The first-order valence-electron chi connectivity index (χ1n) is 16.1. The molecule has 6 fully saturated rings. The molecule has 10 unspecified atom stereocenters. The predicted octanol–water partition coefficient (Wildman–Crippen LogP) is 4.28. The summed E-state index contributed by atoms with van der Waals surface area (Å²) < 4.78 is 27.2. The first-order chi connectivity index (χ1) is 19.5. The van der Waals surface area contributed by atoms with Crippen molar-refractivity contribution >= 4 is 33.3 Å². The van der Waals surface area contributed by atoms with Crippen LogP contribution in [-0.2, 0) is 29.0 Å². The molecule has 6 rings (SSSR count). The molecule has 0 radical (unpaired) electrons. The number of imide groups is 1. The van der Waals surface area contributed by atoms with Crippen molar-refractivity contribution in [1.82, 2.24) is 9.80 Å². The van der Waals surface area contributed by atoms with E-state index < -0.39 is 21.0 Å². The number of likely N-dealkylation sites (tertiary alicyclic amines) is 2. The van der Waals surface area contributed by atoms with Crippen LogP contribution < -0.4 is 0 Å². The van der Waals surface area contributed by atoms with Gasteiger partial charge < -0.3 is 4.90 Å². The van der Waals surface area contributed by atoms with E-state index in [4.69, 9.17) is 0 Å². The number of nitrogens with zero attached hydrogens (tertiary/aromatic N) is 2. The highest BCUT2D eigenvalue weighted by molar-refractivity contribution is 7.92. The maximum atomic E-state index is 13.7. The molecule has 0 bridgehead atoms. The molecule has 8 nitrogen and oxygen atoms in total. The van der Waals surface area contributed by atoms with Crippen molar-refractivity contribution in [2.75, 3.05) is 7.05 Å². The molecule has 0 spiro atoms. The minimum Gasteiger partial charge on any atom is -0.319 e. The second kappa shape index (κ2) is 10.9. The van der Waals surface area contributed by atoms with Crippen molar-refractivity contribution in [3.05, 3.63) is 12.3 Å². The summed E-state index contributed by atoms with van der Waals surface area (Å²) in [5.74, 6) is -0.937. The van der Waals surface area contributed by atoms with Gasteiger partial charge in [0.25, 0.3) is 0 Å². The molecule has 6 aliphatic rings. The van der Waals surface area contributed by atoms with E-state index in [0.717, 1.165) is 25.0 Å². The number of sulfone groups is 1. The van der Waals surface area contributed by atoms with Crippen LogP contribution in [0.15, 0.2) is 12.3 Å². The third-order valence-corrected chi connectivity index (χ3v) is 14.6. The first kappa shape index (κ1) is 29.1. The van der Waals surface area contributed by atoms with Crippen LogP contribution in [0.25, 0.3) is 0 Å². The highest BCUT2D eigenvalue weighted by Crippen LogP contribution is 2.48. The van der Waals surface area contributed by atoms with Gasteiger partial charge in [0.2, 0.25) is 17.7 Å². The van der Waals surface area contributed by atoms with Crippen LogP contribution in [0.5, 0.6) is 0 Å². The summed E-state index contributed by atoms with van der Waals surface area (Å²) in [7, 11) is -1.56. The Labute approximate surface area is 244 Å². The molecule has 0 N–H and O–H groups in total. The van der Waals surface area contributed by atoms with Crippen molar-refractivity contribution in [1.29, 1.82) is 0 Å². The van der Waals surface area contributed by atoms with Crippen molar-refractivity contribution in [3.8, 4) is 0 Å². The van der Waals surface area contributed by atoms with Crippen molar-refractivity contribution < 1.29 is 27.6 Å². The summed E-state index contributed by atoms with van der Waals surface area (Å²) in [6.45, 7) is 6.24. The zero-order valence-corrected chi connectivity index (χ0v) is 25.4. The molecule has 0 aromatic carbocycles. The number of hydrogen-bond donors (Lipinski definition) is 0. The molecule has 0 aromatic rings. The quantitative estimate of drug-likeness (QED) is 0.445. The maximum Gasteiger partial charge on any atom is 0.233 e. The summed E-state index contributed by atoms with van der Waals surface area (Å²) in [6, 6.07) is -0.359. The van der Waals surface area contributed by atoms with Crippen LogP contribution in [0, 0.1) is 41.4 Å². The molecule has 9 heteroatoms. The molecule has 10 atom stereocenters. The lowest BCUT2D eigenvalue weighted by atomic mass is 9.67. The summed E-state index contributed by atoms with van der Waals surface area (Å²) in [6.07, 6.45) is 9.36. The van der Waals surface area contributed by atoms with E-state index in [2.05, 4.69) is 13.5 Å². The highest BCUT2D eigenvalue weighted by Gasteiger charge is 2.55. The largest absolute Gasteiger partial charge is 0.319 e. The van der Waals surface area contributed by atoms with E-state index in [9.17, 15) is 27.6 Å². The first-order valence-corrected chi connectivity index (χ1v) is 17.7. The standard InChI is InChI=1S/C32H46N2O6S/c1-18-6-4-8-23(14-18)41(39,40)24-9-5-7-22(17-24)34-31(37)26-13-11-21(16-28(26)32(34)38)29(35)20-10-12-25-27(15-20)19(2)33(3)30(25)36/h18,20-28H,2,4-17H2,1,3H3. The van der Waals surface area contributed by atoms with E-state index in [1.165, 1.54) is 4.90 Å². The van der Waals surface area contributed by atoms with E-state index in [1.54, 1.807) is 11.9 Å². The average molecular weight is 587 g/mol. The Morgan fingerprint density at radius 2 is 1.27 bits per heavy atom. The molecule has 2 saturated heterocycles. The average Bonchev–Trinajstić information content (AvgIpc) is 3.35. The van der Waals surface area contributed by atoms with Crippen LogP contribution in [0.2, 0.25) is 0 Å². The molecule has 2 heterocycles. The zero-order valence-electron chi connectivity index (χ0n) is 24.6. The van der Waals surface area contributed by atoms with Gasteiger partial charge in [0.05, 0.1) is 22.3 Å². The van der Waals surface area contributed by atoms with Gasteiger partial charge in [0.1, 0.15) is 5.78 Å². The van der Waals surface area contributed by atoms with Gasteiger partial charge in [-0.05, 0) is 76.5 Å². The fourth-order valence-electron chi connectivity index (χ4n) is 9.49. The third kappa shape index (κ3) is 4.92. The number of carbonyl (C=O) groups is 4. The normalized spacial score (nSPS) is 41.9. The van der Waals surface area contributed by atoms with Crippen LogP contribution in [0.4, 0.5) is 0 Å². The van der Waals surface area contributed by atoms with E-state index in [0.29, 0.717) is 76.5 Å². The molecule has 4 aliphatic carbocycles. The topological polar surface area (TPSA) is 109 Å².